The molecule has 0 unspecified atom stereocenters. The molecule has 0 saturated carbocycles. The Labute approximate surface area is 124 Å². The molecule has 19 heavy (non-hydrogen) atoms. The predicted molar refractivity (Wildman–Crippen MR) is 86.6 cm³/mol. The predicted octanol–water partition coefficient (Wildman–Crippen LogP) is 5.16. The fraction of sp³-hybridized carbons (Fsp3) is 0.250. The van der Waals surface area contributed by atoms with Crippen LogP contribution in [0.5, 0.6) is 0 Å². The Morgan fingerprint density at radius 2 is 1.79 bits per heavy atom. The minimum Gasteiger partial charge on any atom is -0.384 e. The minimum absolute atomic E-state index is 0.773. The van der Waals surface area contributed by atoms with E-state index in [0.29, 0.717) is 0 Å². The molecule has 0 fully saturated rings. The number of anilines is 1. The largest absolute Gasteiger partial charge is 0.384 e. The zero-order valence-corrected chi connectivity index (χ0v) is 12.8. The van der Waals surface area contributed by atoms with Crippen LogP contribution < -0.4 is 5.32 Å². The van der Waals surface area contributed by atoms with E-state index >= 15 is 0 Å². The van der Waals surface area contributed by atoms with Gasteiger partial charge in [-0.1, -0.05) is 29.3 Å². The van der Waals surface area contributed by atoms with E-state index in [4.69, 9.17) is 11.6 Å². The Morgan fingerprint density at radius 1 is 1.05 bits per heavy atom. The van der Waals surface area contributed by atoms with Crippen LogP contribution >= 0.6 is 23.4 Å². The number of rotatable bonds is 5. The number of hydrogen-bond acceptors (Lipinski definition) is 2. The SMILES string of the molecule is Cc1ccc(C)c(SCCNc2ccc(Cl)cc2)c1. The Hall–Kier alpha value is -1.12. The van der Waals surface area contributed by atoms with Crippen LogP contribution in [0.3, 0.4) is 0 Å². The van der Waals surface area contributed by atoms with Crippen LogP contribution in [0.4, 0.5) is 5.69 Å². The van der Waals surface area contributed by atoms with Crippen LogP contribution in [0.15, 0.2) is 47.4 Å². The summed E-state index contributed by atoms with van der Waals surface area (Å²) in [6.45, 7) is 5.24. The van der Waals surface area contributed by atoms with Gasteiger partial charge in [-0.05, 0) is 49.7 Å². The van der Waals surface area contributed by atoms with Gasteiger partial charge in [0.25, 0.3) is 0 Å². The van der Waals surface area contributed by atoms with Crippen molar-refractivity contribution < 1.29 is 0 Å². The lowest BCUT2D eigenvalue weighted by Gasteiger charge is -2.08. The number of benzene rings is 2. The summed E-state index contributed by atoms with van der Waals surface area (Å²) < 4.78 is 0. The highest BCUT2D eigenvalue weighted by Crippen LogP contribution is 2.23. The standard InChI is InChI=1S/C16H18ClNS/c1-12-3-4-13(2)16(11-12)19-10-9-18-15-7-5-14(17)6-8-15/h3-8,11,18H,9-10H2,1-2H3. The summed E-state index contributed by atoms with van der Waals surface area (Å²) in [4.78, 5) is 1.37. The van der Waals surface area contributed by atoms with Gasteiger partial charge in [-0.25, -0.2) is 0 Å². The van der Waals surface area contributed by atoms with Gasteiger partial charge in [-0.15, -0.1) is 11.8 Å². The van der Waals surface area contributed by atoms with Crippen molar-refractivity contribution in [1.82, 2.24) is 0 Å². The molecule has 100 valence electrons. The molecular weight excluding hydrogens is 274 g/mol. The first kappa shape index (κ1) is 14.3. The molecule has 0 saturated heterocycles. The molecular formula is C16H18ClNS. The summed E-state index contributed by atoms with van der Waals surface area (Å²) in [5, 5.41) is 4.17. The van der Waals surface area contributed by atoms with Crippen molar-refractivity contribution >= 4 is 29.1 Å². The van der Waals surface area contributed by atoms with E-state index in [0.717, 1.165) is 23.0 Å². The zero-order chi connectivity index (χ0) is 13.7. The van der Waals surface area contributed by atoms with E-state index in [-0.39, 0.29) is 0 Å². The summed E-state index contributed by atoms with van der Waals surface area (Å²) in [6.07, 6.45) is 0. The summed E-state index contributed by atoms with van der Waals surface area (Å²) in [5.41, 5.74) is 3.78. The third-order valence-corrected chi connectivity index (χ3v) is 4.29. The second-order valence-electron chi connectivity index (χ2n) is 4.55. The second kappa shape index (κ2) is 6.88. The molecule has 0 aliphatic rings. The van der Waals surface area contributed by atoms with Gasteiger partial charge in [-0.3, -0.25) is 0 Å². The average Bonchev–Trinajstić information content (AvgIpc) is 2.40. The molecule has 0 heterocycles. The molecule has 0 aliphatic carbocycles. The van der Waals surface area contributed by atoms with Crippen LogP contribution in [0.25, 0.3) is 0 Å². The van der Waals surface area contributed by atoms with Crippen LogP contribution in [-0.4, -0.2) is 12.3 Å². The number of aryl methyl sites for hydroxylation is 2. The maximum Gasteiger partial charge on any atom is 0.0407 e. The summed E-state index contributed by atoms with van der Waals surface area (Å²) in [7, 11) is 0. The highest BCUT2D eigenvalue weighted by Gasteiger charge is 1.99. The van der Waals surface area contributed by atoms with Crippen LogP contribution in [-0.2, 0) is 0 Å². The van der Waals surface area contributed by atoms with Gasteiger partial charge in [0.15, 0.2) is 0 Å². The zero-order valence-electron chi connectivity index (χ0n) is 11.2. The van der Waals surface area contributed by atoms with Gasteiger partial charge in [0, 0.05) is 27.9 Å². The highest BCUT2D eigenvalue weighted by molar-refractivity contribution is 7.99. The normalized spacial score (nSPS) is 10.5. The van der Waals surface area contributed by atoms with E-state index < -0.39 is 0 Å². The molecule has 0 atom stereocenters. The van der Waals surface area contributed by atoms with Crippen LogP contribution in [0.2, 0.25) is 5.02 Å². The number of thioether (sulfide) groups is 1. The fourth-order valence-electron chi connectivity index (χ4n) is 1.79. The van der Waals surface area contributed by atoms with E-state index in [2.05, 4.69) is 37.4 Å². The number of halogens is 1. The van der Waals surface area contributed by atoms with Crippen molar-refractivity contribution in [2.75, 3.05) is 17.6 Å². The molecule has 1 N–H and O–H groups in total. The minimum atomic E-state index is 0.773. The van der Waals surface area contributed by atoms with Gasteiger partial charge >= 0.3 is 0 Å². The van der Waals surface area contributed by atoms with Gasteiger partial charge in [0.2, 0.25) is 0 Å². The molecule has 0 radical (unpaired) electrons. The average molecular weight is 292 g/mol. The smallest absolute Gasteiger partial charge is 0.0407 e. The molecule has 0 amide bonds. The Bertz CT molecular complexity index is 537. The summed E-state index contributed by atoms with van der Waals surface area (Å²) in [6, 6.07) is 14.4. The van der Waals surface area contributed by atoms with Gasteiger partial charge in [-0.2, -0.15) is 0 Å². The van der Waals surface area contributed by atoms with E-state index in [1.54, 1.807) is 0 Å². The Kier molecular flexibility index (Phi) is 5.17. The molecule has 0 spiro atoms. The maximum atomic E-state index is 5.85. The van der Waals surface area contributed by atoms with E-state index in [1.807, 2.05) is 36.0 Å². The molecule has 2 rings (SSSR count). The first-order valence-electron chi connectivity index (χ1n) is 6.34. The van der Waals surface area contributed by atoms with Gasteiger partial charge in [0.05, 0.1) is 0 Å². The Balaban J connectivity index is 1.80. The van der Waals surface area contributed by atoms with E-state index in [1.165, 1.54) is 16.0 Å². The second-order valence-corrected chi connectivity index (χ2v) is 6.12. The first-order chi connectivity index (χ1) is 9.15. The van der Waals surface area contributed by atoms with Crippen LogP contribution in [0, 0.1) is 13.8 Å². The van der Waals surface area contributed by atoms with E-state index in [9.17, 15) is 0 Å². The molecule has 0 bridgehead atoms. The van der Waals surface area contributed by atoms with Crippen molar-refractivity contribution in [2.45, 2.75) is 18.7 Å². The lowest BCUT2D eigenvalue weighted by Crippen LogP contribution is -2.03. The number of hydrogen-bond donors (Lipinski definition) is 1. The highest BCUT2D eigenvalue weighted by atomic mass is 35.5. The third kappa shape index (κ3) is 4.48. The van der Waals surface area contributed by atoms with Crippen molar-refractivity contribution in [2.24, 2.45) is 0 Å². The van der Waals surface area contributed by atoms with Crippen molar-refractivity contribution in [3.63, 3.8) is 0 Å². The topological polar surface area (TPSA) is 12.0 Å². The molecule has 1 nitrogen and oxygen atoms in total. The summed E-state index contributed by atoms with van der Waals surface area (Å²) >= 11 is 7.75. The van der Waals surface area contributed by atoms with Crippen molar-refractivity contribution in [1.29, 1.82) is 0 Å². The number of nitrogens with one attached hydrogen (secondary N) is 1. The quantitative estimate of drug-likeness (QED) is 0.603. The molecule has 2 aromatic rings. The van der Waals surface area contributed by atoms with Gasteiger partial charge in [0.1, 0.15) is 0 Å². The maximum absolute atomic E-state index is 5.85. The lowest BCUT2D eigenvalue weighted by molar-refractivity contribution is 1.21. The molecule has 2 aromatic carbocycles. The third-order valence-electron chi connectivity index (χ3n) is 2.88. The van der Waals surface area contributed by atoms with Gasteiger partial charge < -0.3 is 5.32 Å². The van der Waals surface area contributed by atoms with Crippen LogP contribution in [0.1, 0.15) is 11.1 Å². The van der Waals surface area contributed by atoms with Crippen molar-refractivity contribution in [3.8, 4) is 0 Å². The fourth-order valence-corrected chi connectivity index (χ4v) is 2.90. The first-order valence-corrected chi connectivity index (χ1v) is 7.71. The molecule has 3 heteroatoms. The molecule has 0 aliphatic heterocycles. The van der Waals surface area contributed by atoms with Crippen molar-refractivity contribution in [3.05, 3.63) is 58.6 Å². The lowest BCUT2D eigenvalue weighted by atomic mass is 10.2. The summed E-state index contributed by atoms with van der Waals surface area (Å²) in [5.74, 6) is 1.05. The molecule has 0 aromatic heterocycles. The Morgan fingerprint density at radius 3 is 2.53 bits per heavy atom. The monoisotopic (exact) mass is 291 g/mol.